The molecule has 0 aliphatic carbocycles. The van der Waals surface area contributed by atoms with E-state index in [-0.39, 0.29) is 5.30 Å². The van der Waals surface area contributed by atoms with Crippen molar-refractivity contribution in [1.82, 2.24) is 0 Å². The number of carbonyl (C=O) groups excluding carboxylic acids is 1. The summed E-state index contributed by atoms with van der Waals surface area (Å²) in [6, 6.07) is 0.721. The van der Waals surface area contributed by atoms with E-state index in [4.69, 9.17) is 18.0 Å². The molecule has 0 saturated carbocycles. The molecule has 0 aromatic carbocycles. The van der Waals surface area contributed by atoms with E-state index in [1.165, 1.54) is 11.8 Å². The van der Waals surface area contributed by atoms with Crippen molar-refractivity contribution >= 4 is 25.9 Å². The van der Waals surface area contributed by atoms with Gasteiger partial charge in [0.25, 0.3) is 0 Å². The molecule has 0 spiro atoms. The Morgan fingerprint density at radius 3 is 1.86 bits per heavy atom. The van der Waals surface area contributed by atoms with Crippen LogP contribution in [0.2, 0.25) is 6.04 Å². The number of carbonyl (C=O) groups is 1. The van der Waals surface area contributed by atoms with Crippen molar-refractivity contribution in [1.29, 1.82) is 0 Å². The van der Waals surface area contributed by atoms with Gasteiger partial charge in [-0.05, 0) is 59.7 Å². The molecule has 0 bridgehead atoms. The standard InChI is InChI=1S/C14H30O5SSi/c1-7-16-21(17-8-2,18-9-3)12-10-11-20-13(15)19-14(4,5)6/h7-12H2,1-6H3. The van der Waals surface area contributed by atoms with Gasteiger partial charge in [0.2, 0.25) is 0 Å². The van der Waals surface area contributed by atoms with Crippen molar-refractivity contribution in [2.24, 2.45) is 0 Å². The van der Waals surface area contributed by atoms with Gasteiger partial charge in [-0.25, -0.2) is 4.79 Å². The molecule has 0 aromatic heterocycles. The predicted octanol–water partition coefficient (Wildman–Crippen LogP) is 4.09. The van der Waals surface area contributed by atoms with Crippen LogP contribution in [-0.2, 0) is 18.0 Å². The molecule has 0 fully saturated rings. The van der Waals surface area contributed by atoms with Gasteiger partial charge in [0.15, 0.2) is 0 Å². The lowest BCUT2D eigenvalue weighted by Gasteiger charge is -2.28. The van der Waals surface area contributed by atoms with E-state index in [2.05, 4.69) is 0 Å². The van der Waals surface area contributed by atoms with Crippen molar-refractivity contribution in [2.45, 2.75) is 59.6 Å². The van der Waals surface area contributed by atoms with Crippen molar-refractivity contribution < 1.29 is 22.8 Å². The summed E-state index contributed by atoms with van der Waals surface area (Å²) in [5, 5.41) is -0.237. The number of rotatable bonds is 10. The Morgan fingerprint density at radius 2 is 1.48 bits per heavy atom. The van der Waals surface area contributed by atoms with Crippen molar-refractivity contribution in [3.8, 4) is 0 Å². The third-order valence-electron chi connectivity index (χ3n) is 2.33. The summed E-state index contributed by atoms with van der Waals surface area (Å²) in [4.78, 5) is 11.6. The largest absolute Gasteiger partial charge is 0.500 e. The van der Waals surface area contributed by atoms with Crippen LogP contribution in [0.4, 0.5) is 4.79 Å². The first-order chi connectivity index (χ1) is 9.78. The molecule has 0 saturated heterocycles. The predicted molar refractivity (Wildman–Crippen MR) is 88.7 cm³/mol. The Balaban J connectivity index is 4.21. The van der Waals surface area contributed by atoms with Gasteiger partial charge in [-0.2, -0.15) is 0 Å². The molecule has 5 nitrogen and oxygen atoms in total. The van der Waals surface area contributed by atoms with E-state index in [1.807, 2.05) is 41.5 Å². The lowest BCUT2D eigenvalue weighted by atomic mass is 10.2. The van der Waals surface area contributed by atoms with E-state index < -0.39 is 14.4 Å². The lowest BCUT2D eigenvalue weighted by molar-refractivity contribution is 0.0704. The number of hydrogen-bond acceptors (Lipinski definition) is 6. The first-order valence-corrected chi connectivity index (χ1v) is 10.5. The first-order valence-electron chi connectivity index (χ1n) is 7.56. The van der Waals surface area contributed by atoms with Crippen LogP contribution in [0.25, 0.3) is 0 Å². The molecule has 0 rings (SSSR count). The van der Waals surface area contributed by atoms with Crippen LogP contribution < -0.4 is 0 Å². The van der Waals surface area contributed by atoms with Gasteiger partial charge in [0.1, 0.15) is 5.60 Å². The Labute approximate surface area is 134 Å². The third-order valence-corrected chi connectivity index (χ3v) is 6.29. The van der Waals surface area contributed by atoms with Crippen LogP contribution in [0.5, 0.6) is 0 Å². The van der Waals surface area contributed by atoms with Gasteiger partial charge < -0.3 is 18.0 Å². The zero-order valence-corrected chi connectivity index (χ0v) is 16.0. The fourth-order valence-electron chi connectivity index (χ4n) is 1.72. The fraction of sp³-hybridized carbons (Fsp3) is 0.929. The average molecular weight is 339 g/mol. The van der Waals surface area contributed by atoms with Gasteiger partial charge in [-0.3, -0.25) is 0 Å². The molecule has 21 heavy (non-hydrogen) atoms. The van der Waals surface area contributed by atoms with Crippen LogP contribution in [0, 0.1) is 0 Å². The van der Waals surface area contributed by atoms with Gasteiger partial charge in [0.05, 0.1) is 0 Å². The second-order valence-electron chi connectivity index (χ2n) is 5.40. The van der Waals surface area contributed by atoms with Gasteiger partial charge in [0, 0.05) is 31.6 Å². The molecule has 0 heterocycles. The van der Waals surface area contributed by atoms with Crippen molar-refractivity contribution in [3.05, 3.63) is 0 Å². The second kappa shape index (κ2) is 10.6. The molecular weight excluding hydrogens is 308 g/mol. The Kier molecular flexibility index (Phi) is 10.6. The Hall–Kier alpha value is -0.0831. The molecule has 0 aliphatic heterocycles. The Morgan fingerprint density at radius 1 is 1.00 bits per heavy atom. The highest BCUT2D eigenvalue weighted by atomic mass is 32.2. The minimum absolute atomic E-state index is 0.237. The summed E-state index contributed by atoms with van der Waals surface area (Å²) in [5.74, 6) is 0.677. The van der Waals surface area contributed by atoms with Crippen LogP contribution in [0.1, 0.15) is 48.0 Å². The third kappa shape index (κ3) is 10.3. The molecule has 0 unspecified atom stereocenters. The van der Waals surface area contributed by atoms with Crippen LogP contribution in [-0.4, -0.2) is 45.3 Å². The molecular formula is C14H30O5SSi. The monoisotopic (exact) mass is 338 g/mol. The molecule has 0 N–H and O–H groups in total. The van der Waals surface area contributed by atoms with Crippen molar-refractivity contribution in [2.75, 3.05) is 25.6 Å². The quantitative estimate of drug-likeness (QED) is 0.340. The molecule has 0 amide bonds. The SMILES string of the molecule is CCO[Si](CCCSC(=O)OC(C)(C)C)(OCC)OCC. The van der Waals surface area contributed by atoms with Crippen LogP contribution in [0.15, 0.2) is 0 Å². The molecule has 0 radical (unpaired) electrons. The molecule has 0 aliphatic rings. The molecule has 7 heteroatoms. The van der Waals surface area contributed by atoms with Crippen LogP contribution in [0.3, 0.4) is 0 Å². The maximum absolute atomic E-state index is 11.6. The average Bonchev–Trinajstić information content (AvgIpc) is 2.33. The molecule has 0 aromatic rings. The molecule has 0 atom stereocenters. The Bertz CT molecular complexity index is 277. The fourth-order valence-corrected chi connectivity index (χ4v) is 5.36. The zero-order chi connectivity index (χ0) is 16.4. The highest BCUT2D eigenvalue weighted by Gasteiger charge is 2.39. The van der Waals surface area contributed by atoms with Crippen molar-refractivity contribution in [3.63, 3.8) is 0 Å². The van der Waals surface area contributed by atoms with E-state index in [0.717, 1.165) is 12.5 Å². The highest BCUT2D eigenvalue weighted by Crippen LogP contribution is 2.21. The maximum atomic E-state index is 11.6. The van der Waals surface area contributed by atoms with Gasteiger partial charge in [-0.1, -0.05) is 0 Å². The maximum Gasteiger partial charge on any atom is 0.500 e. The van der Waals surface area contributed by atoms with Gasteiger partial charge in [-0.15, -0.1) is 0 Å². The summed E-state index contributed by atoms with van der Waals surface area (Å²) >= 11 is 1.19. The number of hydrogen-bond donors (Lipinski definition) is 0. The summed E-state index contributed by atoms with van der Waals surface area (Å²) in [7, 11) is -2.58. The van der Waals surface area contributed by atoms with E-state index in [1.54, 1.807) is 0 Å². The zero-order valence-electron chi connectivity index (χ0n) is 14.2. The van der Waals surface area contributed by atoms with E-state index >= 15 is 0 Å². The topological polar surface area (TPSA) is 54.0 Å². The van der Waals surface area contributed by atoms with E-state index in [0.29, 0.717) is 25.6 Å². The summed E-state index contributed by atoms with van der Waals surface area (Å²) in [6.45, 7) is 13.1. The second-order valence-corrected chi connectivity index (χ2v) is 9.16. The summed E-state index contributed by atoms with van der Waals surface area (Å²) in [6.07, 6.45) is 0.802. The van der Waals surface area contributed by atoms with Crippen LogP contribution >= 0.6 is 11.8 Å². The minimum atomic E-state index is -2.58. The normalized spacial score (nSPS) is 12.5. The first kappa shape index (κ1) is 20.9. The number of ether oxygens (including phenoxy) is 1. The minimum Gasteiger partial charge on any atom is -0.452 e. The smallest absolute Gasteiger partial charge is 0.452 e. The van der Waals surface area contributed by atoms with Gasteiger partial charge >= 0.3 is 14.1 Å². The molecule has 126 valence electrons. The lowest BCUT2D eigenvalue weighted by Crippen LogP contribution is -2.46. The summed E-state index contributed by atoms with van der Waals surface area (Å²) in [5.41, 5.74) is -0.440. The number of thioether (sulfide) groups is 1. The van der Waals surface area contributed by atoms with E-state index in [9.17, 15) is 4.79 Å². The highest BCUT2D eigenvalue weighted by molar-refractivity contribution is 8.13. The summed E-state index contributed by atoms with van der Waals surface area (Å²) < 4.78 is 22.6.